The molecule has 0 spiro atoms. The lowest BCUT2D eigenvalue weighted by molar-refractivity contribution is -0.143. The molecule has 0 aromatic heterocycles. The molecule has 7 N–H and O–H groups in total. The van der Waals surface area contributed by atoms with E-state index in [9.17, 15) is 29.1 Å². The minimum absolute atomic E-state index is 0.0235. The topological polar surface area (TPSA) is 188 Å². The van der Waals surface area contributed by atoms with Crippen LogP contribution in [0.25, 0.3) is 0 Å². The van der Waals surface area contributed by atoms with E-state index in [1.54, 1.807) is 13.8 Å². The van der Waals surface area contributed by atoms with Gasteiger partial charge in [0.15, 0.2) is 0 Å². The van der Waals surface area contributed by atoms with E-state index in [4.69, 9.17) is 10.8 Å². The fourth-order valence-electron chi connectivity index (χ4n) is 2.53. The molecule has 0 aromatic rings. The predicted molar refractivity (Wildman–Crippen MR) is 104 cm³/mol. The second-order valence-electron chi connectivity index (χ2n) is 7.52. The fraction of sp³-hybridized carbons (Fsp3) is 0.722. The van der Waals surface area contributed by atoms with Crippen molar-refractivity contribution in [3.63, 3.8) is 0 Å². The van der Waals surface area contributed by atoms with Gasteiger partial charge in [0.05, 0.1) is 6.54 Å². The van der Waals surface area contributed by atoms with E-state index in [1.807, 2.05) is 13.8 Å². The average molecular weight is 416 g/mol. The highest BCUT2D eigenvalue weighted by atomic mass is 16.4. The van der Waals surface area contributed by atoms with E-state index in [0.717, 1.165) is 0 Å². The van der Waals surface area contributed by atoms with Crippen LogP contribution in [0.1, 0.15) is 47.0 Å². The number of carbonyl (C=O) groups is 5. The number of carboxylic acid groups (broad SMARTS) is 2. The highest BCUT2D eigenvalue weighted by Gasteiger charge is 2.31. The Balaban J connectivity index is 5.30. The number of amides is 3. The molecule has 0 aliphatic carbocycles. The molecule has 166 valence electrons. The van der Waals surface area contributed by atoms with E-state index in [2.05, 4.69) is 16.0 Å². The number of aliphatic carboxylic acids is 2. The van der Waals surface area contributed by atoms with Crippen LogP contribution in [-0.4, -0.2) is 64.5 Å². The summed E-state index contributed by atoms with van der Waals surface area (Å²) >= 11 is 0. The highest BCUT2D eigenvalue weighted by molar-refractivity contribution is 5.93. The summed E-state index contributed by atoms with van der Waals surface area (Å²) in [6.07, 6.45) is -0.352. The summed E-state index contributed by atoms with van der Waals surface area (Å²) < 4.78 is 0. The van der Waals surface area contributed by atoms with E-state index < -0.39 is 53.7 Å². The second kappa shape index (κ2) is 12.7. The molecule has 0 heterocycles. The Morgan fingerprint density at radius 3 is 1.86 bits per heavy atom. The quantitative estimate of drug-likeness (QED) is 0.221. The Hall–Kier alpha value is -2.69. The maximum absolute atomic E-state index is 12.6. The van der Waals surface area contributed by atoms with Gasteiger partial charge in [-0.2, -0.15) is 0 Å². The average Bonchev–Trinajstić information content (AvgIpc) is 2.60. The van der Waals surface area contributed by atoms with Crippen LogP contribution in [0.15, 0.2) is 0 Å². The van der Waals surface area contributed by atoms with E-state index in [1.165, 1.54) is 0 Å². The number of hydrogen-bond acceptors (Lipinski definition) is 6. The van der Waals surface area contributed by atoms with Crippen molar-refractivity contribution in [1.29, 1.82) is 0 Å². The van der Waals surface area contributed by atoms with Gasteiger partial charge in [0.25, 0.3) is 0 Å². The molecular weight excluding hydrogens is 384 g/mol. The molecule has 0 fully saturated rings. The summed E-state index contributed by atoms with van der Waals surface area (Å²) in [5, 5.41) is 25.3. The molecule has 0 aliphatic heterocycles. The lowest BCUT2D eigenvalue weighted by Gasteiger charge is -2.26. The number of nitrogens with one attached hydrogen (secondary N) is 3. The molecule has 0 rings (SSSR count). The van der Waals surface area contributed by atoms with Crippen molar-refractivity contribution < 1.29 is 34.2 Å². The van der Waals surface area contributed by atoms with Crippen molar-refractivity contribution >= 4 is 29.7 Å². The predicted octanol–water partition coefficient (Wildman–Crippen LogP) is -0.949. The molecule has 0 saturated carbocycles. The normalized spacial score (nSPS) is 14.0. The van der Waals surface area contributed by atoms with Gasteiger partial charge in [-0.3, -0.25) is 19.2 Å². The van der Waals surface area contributed by atoms with Gasteiger partial charge in [-0.1, -0.05) is 27.7 Å². The maximum atomic E-state index is 12.6. The van der Waals surface area contributed by atoms with Crippen molar-refractivity contribution in [3.05, 3.63) is 0 Å². The van der Waals surface area contributed by atoms with Crippen molar-refractivity contribution in [2.24, 2.45) is 17.6 Å². The molecular formula is C18H32N4O7. The molecule has 0 aromatic carbocycles. The zero-order chi connectivity index (χ0) is 22.7. The molecule has 0 unspecified atom stereocenters. The van der Waals surface area contributed by atoms with Gasteiger partial charge in [-0.25, -0.2) is 4.79 Å². The molecule has 11 heteroatoms. The number of nitrogens with two attached hydrogens (primary N) is 1. The Kier molecular flexibility index (Phi) is 11.5. The maximum Gasteiger partial charge on any atom is 0.326 e. The van der Waals surface area contributed by atoms with Crippen LogP contribution < -0.4 is 21.7 Å². The highest BCUT2D eigenvalue weighted by Crippen LogP contribution is 2.09. The summed E-state index contributed by atoms with van der Waals surface area (Å²) in [6, 6.07) is -3.37. The monoisotopic (exact) mass is 416 g/mol. The van der Waals surface area contributed by atoms with Crippen LogP contribution in [0.3, 0.4) is 0 Å². The Morgan fingerprint density at radius 2 is 1.45 bits per heavy atom. The standard InChI is InChI=1S/C18H32N4O7/c1-9(2)7-12(18(28)29)21-17(27)15(10(3)4)22-16(26)11(5-6-14(24)25)20-13(23)8-19/h9-12,15H,5-8,19H2,1-4H3,(H,20,23)(H,21,27)(H,22,26)(H,24,25)(H,28,29)/t11-,12-,15-/m0/s1. The van der Waals surface area contributed by atoms with Crippen LogP contribution in [0.5, 0.6) is 0 Å². The molecule has 11 nitrogen and oxygen atoms in total. The summed E-state index contributed by atoms with van der Waals surface area (Å²) in [5.74, 6) is -4.78. The molecule has 0 bridgehead atoms. The molecule has 0 saturated heterocycles. The van der Waals surface area contributed by atoms with Crippen molar-refractivity contribution in [3.8, 4) is 0 Å². The fourth-order valence-corrected chi connectivity index (χ4v) is 2.53. The van der Waals surface area contributed by atoms with Crippen molar-refractivity contribution in [1.82, 2.24) is 16.0 Å². The minimum Gasteiger partial charge on any atom is -0.481 e. The van der Waals surface area contributed by atoms with Crippen LogP contribution in [0.4, 0.5) is 0 Å². The number of hydrogen-bond donors (Lipinski definition) is 6. The smallest absolute Gasteiger partial charge is 0.326 e. The van der Waals surface area contributed by atoms with Crippen LogP contribution in [0, 0.1) is 11.8 Å². The molecule has 29 heavy (non-hydrogen) atoms. The van der Waals surface area contributed by atoms with Gasteiger partial charge >= 0.3 is 11.9 Å². The Bertz CT molecular complexity index is 607. The second-order valence-corrected chi connectivity index (χ2v) is 7.52. The van der Waals surface area contributed by atoms with E-state index in [-0.39, 0.29) is 31.7 Å². The third-order valence-electron chi connectivity index (χ3n) is 4.05. The first-order chi connectivity index (χ1) is 13.4. The van der Waals surface area contributed by atoms with Crippen LogP contribution in [0.2, 0.25) is 0 Å². The first-order valence-corrected chi connectivity index (χ1v) is 9.43. The number of carbonyl (C=O) groups excluding carboxylic acids is 3. The van der Waals surface area contributed by atoms with Crippen LogP contribution in [-0.2, 0) is 24.0 Å². The molecule has 3 atom stereocenters. The van der Waals surface area contributed by atoms with Gasteiger partial charge in [0.2, 0.25) is 17.7 Å². The number of carboxylic acids is 2. The molecule has 0 aliphatic rings. The zero-order valence-corrected chi connectivity index (χ0v) is 17.2. The summed E-state index contributed by atoms with van der Waals surface area (Å²) in [7, 11) is 0. The summed E-state index contributed by atoms with van der Waals surface area (Å²) in [4.78, 5) is 58.9. The first-order valence-electron chi connectivity index (χ1n) is 9.43. The van der Waals surface area contributed by atoms with Crippen molar-refractivity contribution in [2.75, 3.05) is 6.54 Å². The van der Waals surface area contributed by atoms with Gasteiger partial charge in [0, 0.05) is 6.42 Å². The first kappa shape index (κ1) is 26.3. The zero-order valence-electron chi connectivity index (χ0n) is 17.2. The van der Waals surface area contributed by atoms with E-state index >= 15 is 0 Å². The van der Waals surface area contributed by atoms with Gasteiger partial charge in [-0.05, 0) is 24.7 Å². The SMILES string of the molecule is CC(C)C[C@H](NC(=O)[C@@H](NC(=O)[C@H](CCC(=O)O)NC(=O)CN)C(C)C)C(=O)O. The van der Waals surface area contributed by atoms with E-state index in [0.29, 0.717) is 0 Å². The summed E-state index contributed by atoms with van der Waals surface area (Å²) in [6.45, 7) is 6.56. The third kappa shape index (κ3) is 10.4. The number of rotatable bonds is 13. The van der Waals surface area contributed by atoms with Crippen molar-refractivity contribution in [2.45, 2.75) is 65.1 Å². The minimum atomic E-state index is -1.19. The largest absolute Gasteiger partial charge is 0.481 e. The van der Waals surface area contributed by atoms with Gasteiger partial charge in [-0.15, -0.1) is 0 Å². The van der Waals surface area contributed by atoms with Gasteiger partial charge < -0.3 is 31.9 Å². The summed E-state index contributed by atoms with van der Waals surface area (Å²) in [5.41, 5.74) is 5.22. The lowest BCUT2D eigenvalue weighted by Crippen LogP contribution is -2.57. The Labute approximate surface area is 169 Å². The molecule has 3 amide bonds. The third-order valence-corrected chi connectivity index (χ3v) is 4.05. The van der Waals surface area contributed by atoms with Crippen LogP contribution >= 0.6 is 0 Å². The lowest BCUT2D eigenvalue weighted by atomic mass is 9.99. The van der Waals surface area contributed by atoms with Gasteiger partial charge in [0.1, 0.15) is 18.1 Å². The molecule has 0 radical (unpaired) electrons. The Morgan fingerprint density at radius 1 is 0.862 bits per heavy atom.